The molecule has 0 saturated carbocycles. The van der Waals surface area contributed by atoms with Gasteiger partial charge in [-0.15, -0.1) is 10.2 Å². The van der Waals surface area contributed by atoms with Crippen molar-refractivity contribution in [2.45, 2.75) is 43.1 Å². The molecule has 1 saturated heterocycles. The quantitative estimate of drug-likeness (QED) is 0.317. The minimum absolute atomic E-state index is 0.0904. The number of aromatic nitrogens is 4. The fourth-order valence-electron chi connectivity index (χ4n) is 4.34. The van der Waals surface area contributed by atoms with Gasteiger partial charge in [0, 0.05) is 28.4 Å². The zero-order valence-corrected chi connectivity index (χ0v) is 19.0. The van der Waals surface area contributed by atoms with Gasteiger partial charge in [-0.1, -0.05) is 54.6 Å². The Hall–Kier alpha value is -2.90. The molecule has 0 bridgehead atoms. The Kier molecular flexibility index (Phi) is 6.10. The molecular weight excluding hydrogens is 418 g/mol. The topological polar surface area (TPSA) is 66.8 Å². The monoisotopic (exact) mass is 445 g/mol. The number of ketones is 1. The lowest BCUT2D eigenvalue weighted by Crippen LogP contribution is -2.30. The number of thioether (sulfide) groups is 1. The number of carbonyl (C=O) groups excluding carboxylic acids is 1. The maximum atomic E-state index is 13.3. The number of rotatable bonds is 7. The molecule has 2 aromatic carbocycles. The molecule has 1 N–H and O–H groups in total. The second-order valence-electron chi connectivity index (χ2n) is 8.28. The lowest BCUT2D eigenvalue weighted by molar-refractivity contribution is 0.0995. The Balaban J connectivity index is 1.43. The Labute approximate surface area is 192 Å². The molecule has 2 aromatic heterocycles. The number of fused-ring (bicyclic) bond motifs is 1. The summed E-state index contributed by atoms with van der Waals surface area (Å²) in [5.41, 5.74) is 2.72. The number of nitrogens with one attached hydrogen (secondary N) is 1. The van der Waals surface area contributed by atoms with Crippen LogP contribution in [0.3, 0.4) is 0 Å². The van der Waals surface area contributed by atoms with Crippen molar-refractivity contribution >= 4 is 28.4 Å². The normalized spacial score (nSPS) is 15.8. The number of hydrogen-bond acceptors (Lipinski definition) is 5. The number of Topliss-reactive ketones (excluding diaryl/α,β-unsaturated/α-hetero) is 1. The summed E-state index contributed by atoms with van der Waals surface area (Å²) in [6, 6.07) is 18.1. The third-order valence-electron chi connectivity index (χ3n) is 6.03. The molecule has 0 spiro atoms. The second-order valence-corrected chi connectivity index (χ2v) is 9.59. The Morgan fingerprint density at radius 3 is 2.59 bits per heavy atom. The van der Waals surface area contributed by atoms with E-state index in [0.717, 1.165) is 52.8 Å². The molecule has 3 heterocycles. The zero-order valence-electron chi connectivity index (χ0n) is 18.2. The van der Waals surface area contributed by atoms with E-state index in [2.05, 4.69) is 36.8 Å². The summed E-state index contributed by atoms with van der Waals surface area (Å²) in [5, 5.41) is 10.5. The highest BCUT2D eigenvalue weighted by molar-refractivity contribution is 8.00. The molecule has 0 radical (unpaired) electrons. The Morgan fingerprint density at radius 2 is 1.78 bits per heavy atom. The van der Waals surface area contributed by atoms with E-state index in [9.17, 15) is 4.79 Å². The maximum absolute atomic E-state index is 13.3. The van der Waals surface area contributed by atoms with Gasteiger partial charge in [0.15, 0.2) is 16.8 Å². The van der Waals surface area contributed by atoms with Gasteiger partial charge < -0.3 is 4.98 Å². The third kappa shape index (κ3) is 4.23. The minimum atomic E-state index is -0.288. The highest BCUT2D eigenvalue weighted by Crippen LogP contribution is 2.30. The zero-order chi connectivity index (χ0) is 21.9. The number of H-pyrrole nitrogens is 1. The van der Waals surface area contributed by atoms with Crippen molar-refractivity contribution in [2.24, 2.45) is 0 Å². The van der Waals surface area contributed by atoms with Crippen LogP contribution < -0.4 is 0 Å². The molecule has 1 aliphatic rings. The Bertz CT molecular complexity index is 1210. The lowest BCUT2D eigenvalue weighted by Gasteiger charge is -2.26. The number of aromatic amines is 1. The number of para-hydroxylation sites is 2. The number of nitrogens with zero attached hydrogens (tertiary/aromatic N) is 4. The third-order valence-corrected chi connectivity index (χ3v) is 7.08. The van der Waals surface area contributed by atoms with Gasteiger partial charge in [-0.25, -0.2) is 0 Å². The number of carbonyl (C=O) groups is 1. The van der Waals surface area contributed by atoms with Crippen LogP contribution in [0.1, 0.15) is 42.4 Å². The fourth-order valence-corrected chi connectivity index (χ4v) is 5.29. The summed E-state index contributed by atoms with van der Waals surface area (Å²) in [4.78, 5) is 18.9. The van der Waals surface area contributed by atoms with Gasteiger partial charge in [-0.3, -0.25) is 14.3 Å². The molecular formula is C25H27N5OS. The smallest absolute Gasteiger partial charge is 0.196 e. The van der Waals surface area contributed by atoms with E-state index in [1.54, 1.807) is 0 Å². The number of piperidine rings is 1. The molecule has 0 aliphatic carbocycles. The summed E-state index contributed by atoms with van der Waals surface area (Å²) in [7, 11) is 0. The average molecular weight is 446 g/mol. The van der Waals surface area contributed by atoms with E-state index < -0.39 is 0 Å². The number of likely N-dealkylation sites (tertiary alicyclic amines) is 1. The van der Waals surface area contributed by atoms with Crippen molar-refractivity contribution in [2.75, 3.05) is 13.1 Å². The van der Waals surface area contributed by atoms with Gasteiger partial charge in [0.05, 0.1) is 11.8 Å². The second kappa shape index (κ2) is 9.30. The lowest BCUT2D eigenvalue weighted by atomic mass is 10.1. The van der Waals surface area contributed by atoms with E-state index in [0.29, 0.717) is 0 Å². The molecule has 164 valence electrons. The SMILES string of the molecule is CC(Sc1nnc(CN2CCCCC2)n1-c1ccccc1)C(=O)c1c[nH]c2ccccc12. The van der Waals surface area contributed by atoms with E-state index in [1.165, 1.54) is 31.0 Å². The largest absolute Gasteiger partial charge is 0.360 e. The van der Waals surface area contributed by atoms with Crippen molar-refractivity contribution in [1.29, 1.82) is 0 Å². The molecule has 6 nitrogen and oxygen atoms in total. The molecule has 0 amide bonds. The molecule has 1 aliphatic heterocycles. The summed E-state index contributed by atoms with van der Waals surface area (Å²) < 4.78 is 2.11. The molecule has 32 heavy (non-hydrogen) atoms. The highest BCUT2D eigenvalue weighted by atomic mass is 32.2. The van der Waals surface area contributed by atoms with Crippen LogP contribution >= 0.6 is 11.8 Å². The number of hydrogen-bond donors (Lipinski definition) is 1. The summed E-state index contributed by atoms with van der Waals surface area (Å²) in [6.45, 7) is 4.91. The van der Waals surface area contributed by atoms with Gasteiger partial charge in [0.2, 0.25) is 0 Å². The first-order valence-corrected chi connectivity index (χ1v) is 12.1. The van der Waals surface area contributed by atoms with Crippen LogP contribution in [0.2, 0.25) is 0 Å². The summed E-state index contributed by atoms with van der Waals surface area (Å²) in [5.74, 6) is 1.01. The average Bonchev–Trinajstić information content (AvgIpc) is 3.44. The van der Waals surface area contributed by atoms with E-state index >= 15 is 0 Å². The van der Waals surface area contributed by atoms with Gasteiger partial charge in [0.1, 0.15) is 0 Å². The van der Waals surface area contributed by atoms with Crippen LogP contribution in [0, 0.1) is 0 Å². The van der Waals surface area contributed by atoms with Crippen LogP contribution in [0.25, 0.3) is 16.6 Å². The van der Waals surface area contributed by atoms with Gasteiger partial charge in [-0.2, -0.15) is 0 Å². The van der Waals surface area contributed by atoms with Crippen LogP contribution in [-0.2, 0) is 6.54 Å². The molecule has 5 rings (SSSR count). The van der Waals surface area contributed by atoms with Crippen molar-refractivity contribution in [3.63, 3.8) is 0 Å². The van der Waals surface area contributed by atoms with Crippen molar-refractivity contribution in [3.05, 3.63) is 72.2 Å². The fraction of sp³-hybridized carbons (Fsp3) is 0.320. The minimum Gasteiger partial charge on any atom is -0.360 e. The molecule has 1 atom stereocenters. The Morgan fingerprint density at radius 1 is 1.03 bits per heavy atom. The molecule has 7 heteroatoms. The summed E-state index contributed by atoms with van der Waals surface area (Å²) >= 11 is 1.47. The van der Waals surface area contributed by atoms with Crippen molar-refractivity contribution in [3.8, 4) is 5.69 Å². The van der Waals surface area contributed by atoms with Crippen LogP contribution in [0.15, 0.2) is 66.0 Å². The first-order chi connectivity index (χ1) is 15.7. The van der Waals surface area contributed by atoms with Crippen molar-refractivity contribution < 1.29 is 4.79 Å². The first-order valence-electron chi connectivity index (χ1n) is 11.2. The van der Waals surface area contributed by atoms with Gasteiger partial charge in [-0.05, 0) is 51.1 Å². The maximum Gasteiger partial charge on any atom is 0.196 e. The van der Waals surface area contributed by atoms with E-state index in [1.807, 2.05) is 55.6 Å². The van der Waals surface area contributed by atoms with Crippen LogP contribution in [0.4, 0.5) is 0 Å². The molecule has 4 aromatic rings. The van der Waals surface area contributed by atoms with Crippen LogP contribution in [-0.4, -0.2) is 48.8 Å². The molecule has 1 unspecified atom stereocenters. The van der Waals surface area contributed by atoms with E-state index in [-0.39, 0.29) is 11.0 Å². The van der Waals surface area contributed by atoms with Crippen molar-refractivity contribution in [1.82, 2.24) is 24.6 Å². The predicted molar refractivity (Wildman–Crippen MR) is 128 cm³/mol. The van der Waals surface area contributed by atoms with Gasteiger partial charge >= 0.3 is 0 Å². The van der Waals surface area contributed by atoms with Crippen LogP contribution in [0.5, 0.6) is 0 Å². The standard InChI is InChI=1S/C25H27N5OS/c1-18(24(31)21-16-26-22-13-7-6-12-20(21)22)32-25-28-27-23(17-29-14-8-3-9-15-29)30(25)19-10-4-2-5-11-19/h2,4-7,10-13,16,18,26H,3,8-9,14-15,17H2,1H3. The number of benzene rings is 2. The molecule has 1 fully saturated rings. The van der Waals surface area contributed by atoms with E-state index in [4.69, 9.17) is 0 Å². The summed E-state index contributed by atoms with van der Waals surface area (Å²) in [6.07, 6.45) is 5.58. The predicted octanol–water partition coefficient (Wildman–Crippen LogP) is 5.10. The van der Waals surface area contributed by atoms with Gasteiger partial charge in [0.25, 0.3) is 0 Å². The first kappa shape index (κ1) is 21.0. The highest BCUT2D eigenvalue weighted by Gasteiger charge is 2.24.